The number of anilines is 1. The van der Waals surface area contributed by atoms with Gasteiger partial charge < -0.3 is 4.90 Å². The van der Waals surface area contributed by atoms with Crippen molar-refractivity contribution in [2.75, 3.05) is 31.1 Å². The summed E-state index contributed by atoms with van der Waals surface area (Å²) in [5.74, 6) is 0.289. The standard InChI is InChI=1S/C17H26N2O/c1-13(2)17(20)15-5-7-16(8-6-15)19-11-9-18(10-12-19)14(3)4/h5-8,13-14H,9-12H2,1-4H3. The molecule has 1 fully saturated rings. The van der Waals surface area contributed by atoms with E-state index >= 15 is 0 Å². The Kier molecular flexibility index (Phi) is 4.81. The Bertz CT molecular complexity index is 443. The molecule has 1 aromatic rings. The molecule has 0 saturated carbocycles. The van der Waals surface area contributed by atoms with E-state index in [1.54, 1.807) is 0 Å². The van der Waals surface area contributed by atoms with Gasteiger partial charge in [0.2, 0.25) is 0 Å². The Hall–Kier alpha value is -1.35. The first-order chi connectivity index (χ1) is 9.49. The lowest BCUT2D eigenvalue weighted by Gasteiger charge is -2.38. The average Bonchev–Trinajstić information content (AvgIpc) is 2.46. The number of benzene rings is 1. The van der Waals surface area contributed by atoms with Gasteiger partial charge in [0.25, 0.3) is 0 Å². The number of ketones is 1. The van der Waals surface area contributed by atoms with E-state index in [1.807, 2.05) is 26.0 Å². The van der Waals surface area contributed by atoms with Gasteiger partial charge in [-0.3, -0.25) is 9.69 Å². The van der Waals surface area contributed by atoms with Crippen LogP contribution in [0.4, 0.5) is 5.69 Å². The van der Waals surface area contributed by atoms with Gasteiger partial charge in [0.1, 0.15) is 0 Å². The highest BCUT2D eigenvalue weighted by Gasteiger charge is 2.19. The number of carbonyl (C=O) groups is 1. The van der Waals surface area contributed by atoms with E-state index in [1.165, 1.54) is 5.69 Å². The monoisotopic (exact) mass is 274 g/mol. The lowest BCUT2D eigenvalue weighted by molar-refractivity contribution is 0.0939. The molecule has 1 aliphatic heterocycles. The molecule has 0 unspecified atom stereocenters. The number of piperazine rings is 1. The Morgan fingerprint density at radius 3 is 1.95 bits per heavy atom. The topological polar surface area (TPSA) is 23.6 Å². The van der Waals surface area contributed by atoms with Gasteiger partial charge in [-0.1, -0.05) is 13.8 Å². The Balaban J connectivity index is 1.99. The average molecular weight is 274 g/mol. The van der Waals surface area contributed by atoms with Crippen LogP contribution in [0.3, 0.4) is 0 Å². The van der Waals surface area contributed by atoms with E-state index in [0.717, 1.165) is 31.7 Å². The van der Waals surface area contributed by atoms with Crippen LogP contribution in [0.1, 0.15) is 38.1 Å². The number of hydrogen-bond acceptors (Lipinski definition) is 3. The molecule has 0 radical (unpaired) electrons. The number of Topliss-reactive ketones (excluding diaryl/α,β-unsaturated/α-hetero) is 1. The first kappa shape index (κ1) is 15.0. The molecule has 110 valence electrons. The van der Waals surface area contributed by atoms with E-state index in [2.05, 4.69) is 35.8 Å². The first-order valence-electron chi connectivity index (χ1n) is 7.62. The van der Waals surface area contributed by atoms with Crippen LogP contribution in [-0.2, 0) is 0 Å². The highest BCUT2D eigenvalue weighted by atomic mass is 16.1. The Morgan fingerprint density at radius 1 is 0.950 bits per heavy atom. The fraction of sp³-hybridized carbons (Fsp3) is 0.588. The molecule has 0 amide bonds. The highest BCUT2D eigenvalue weighted by Crippen LogP contribution is 2.19. The zero-order valence-electron chi connectivity index (χ0n) is 13.1. The number of nitrogens with zero attached hydrogens (tertiary/aromatic N) is 2. The maximum atomic E-state index is 11.9. The van der Waals surface area contributed by atoms with Gasteiger partial charge in [-0.25, -0.2) is 0 Å². The minimum Gasteiger partial charge on any atom is -0.369 e. The molecule has 1 heterocycles. The lowest BCUT2D eigenvalue weighted by atomic mass is 10.0. The predicted molar refractivity (Wildman–Crippen MR) is 84.5 cm³/mol. The van der Waals surface area contributed by atoms with Crippen molar-refractivity contribution in [3.05, 3.63) is 29.8 Å². The zero-order valence-corrected chi connectivity index (χ0v) is 13.1. The third kappa shape index (κ3) is 3.40. The van der Waals surface area contributed by atoms with Crippen molar-refractivity contribution in [2.45, 2.75) is 33.7 Å². The number of rotatable bonds is 4. The van der Waals surface area contributed by atoms with Crippen LogP contribution >= 0.6 is 0 Å². The fourth-order valence-electron chi connectivity index (χ4n) is 2.67. The molecule has 1 aliphatic rings. The second-order valence-corrected chi connectivity index (χ2v) is 6.18. The quantitative estimate of drug-likeness (QED) is 0.788. The molecular weight excluding hydrogens is 248 g/mol. The molecule has 0 aromatic heterocycles. The van der Waals surface area contributed by atoms with Crippen molar-refractivity contribution in [2.24, 2.45) is 5.92 Å². The molecule has 20 heavy (non-hydrogen) atoms. The predicted octanol–water partition coefficient (Wildman–Crippen LogP) is 3.06. The van der Waals surface area contributed by atoms with Crippen LogP contribution in [0, 0.1) is 5.92 Å². The molecule has 0 aliphatic carbocycles. The van der Waals surface area contributed by atoms with E-state index in [-0.39, 0.29) is 11.7 Å². The summed E-state index contributed by atoms with van der Waals surface area (Å²) in [5, 5.41) is 0. The Labute approximate surface area is 122 Å². The fourth-order valence-corrected chi connectivity index (χ4v) is 2.67. The summed E-state index contributed by atoms with van der Waals surface area (Å²) >= 11 is 0. The van der Waals surface area contributed by atoms with Crippen molar-refractivity contribution in [3.8, 4) is 0 Å². The van der Waals surface area contributed by atoms with Crippen molar-refractivity contribution < 1.29 is 4.79 Å². The van der Waals surface area contributed by atoms with Crippen LogP contribution in [-0.4, -0.2) is 42.9 Å². The molecule has 2 rings (SSSR count). The maximum Gasteiger partial charge on any atom is 0.165 e. The Morgan fingerprint density at radius 2 is 1.50 bits per heavy atom. The number of hydrogen-bond donors (Lipinski definition) is 0. The third-order valence-corrected chi connectivity index (χ3v) is 4.09. The van der Waals surface area contributed by atoms with E-state index in [4.69, 9.17) is 0 Å². The van der Waals surface area contributed by atoms with Gasteiger partial charge >= 0.3 is 0 Å². The normalized spacial score (nSPS) is 17.0. The van der Waals surface area contributed by atoms with Crippen LogP contribution in [0.2, 0.25) is 0 Å². The molecule has 3 heteroatoms. The van der Waals surface area contributed by atoms with Gasteiger partial charge in [-0.2, -0.15) is 0 Å². The van der Waals surface area contributed by atoms with Gasteiger partial charge in [-0.15, -0.1) is 0 Å². The summed E-state index contributed by atoms with van der Waals surface area (Å²) in [6.45, 7) is 12.8. The van der Waals surface area contributed by atoms with E-state index in [0.29, 0.717) is 6.04 Å². The highest BCUT2D eigenvalue weighted by molar-refractivity contribution is 5.97. The van der Waals surface area contributed by atoms with Crippen molar-refractivity contribution >= 4 is 11.5 Å². The van der Waals surface area contributed by atoms with E-state index < -0.39 is 0 Å². The van der Waals surface area contributed by atoms with Crippen molar-refractivity contribution in [1.29, 1.82) is 0 Å². The maximum absolute atomic E-state index is 11.9. The van der Waals surface area contributed by atoms with Crippen molar-refractivity contribution in [3.63, 3.8) is 0 Å². The molecule has 3 nitrogen and oxygen atoms in total. The smallest absolute Gasteiger partial charge is 0.165 e. The van der Waals surface area contributed by atoms with Crippen LogP contribution in [0.25, 0.3) is 0 Å². The largest absolute Gasteiger partial charge is 0.369 e. The van der Waals surface area contributed by atoms with Gasteiger partial charge in [0.15, 0.2) is 5.78 Å². The molecular formula is C17H26N2O. The second-order valence-electron chi connectivity index (χ2n) is 6.18. The molecule has 0 atom stereocenters. The van der Waals surface area contributed by atoms with Crippen LogP contribution < -0.4 is 4.90 Å². The van der Waals surface area contributed by atoms with Crippen LogP contribution in [0.5, 0.6) is 0 Å². The third-order valence-electron chi connectivity index (χ3n) is 4.09. The zero-order chi connectivity index (χ0) is 14.7. The first-order valence-corrected chi connectivity index (χ1v) is 7.62. The van der Waals surface area contributed by atoms with Gasteiger partial charge in [0.05, 0.1) is 0 Å². The van der Waals surface area contributed by atoms with Gasteiger partial charge in [-0.05, 0) is 38.1 Å². The summed E-state index contributed by atoms with van der Waals surface area (Å²) in [5.41, 5.74) is 2.05. The molecule has 0 N–H and O–H groups in total. The minimum atomic E-state index is 0.0652. The summed E-state index contributed by atoms with van der Waals surface area (Å²) in [4.78, 5) is 16.8. The molecule has 0 bridgehead atoms. The molecule has 0 spiro atoms. The second kappa shape index (κ2) is 6.40. The van der Waals surface area contributed by atoms with Gasteiger partial charge in [0, 0.05) is 49.4 Å². The minimum absolute atomic E-state index is 0.0652. The number of carbonyl (C=O) groups excluding carboxylic acids is 1. The summed E-state index contributed by atoms with van der Waals surface area (Å²) < 4.78 is 0. The molecule has 1 saturated heterocycles. The lowest BCUT2D eigenvalue weighted by Crippen LogP contribution is -2.48. The summed E-state index contributed by atoms with van der Waals surface area (Å²) in [6.07, 6.45) is 0. The van der Waals surface area contributed by atoms with Crippen LogP contribution in [0.15, 0.2) is 24.3 Å². The van der Waals surface area contributed by atoms with E-state index in [9.17, 15) is 4.79 Å². The summed E-state index contributed by atoms with van der Waals surface area (Å²) in [6, 6.07) is 8.73. The molecule has 1 aromatic carbocycles. The SMILES string of the molecule is CC(C)C(=O)c1ccc(N2CCN(C(C)C)CC2)cc1. The summed E-state index contributed by atoms with van der Waals surface area (Å²) in [7, 11) is 0. The van der Waals surface area contributed by atoms with Crippen molar-refractivity contribution in [1.82, 2.24) is 4.90 Å².